The number of urea groups is 2. The summed E-state index contributed by atoms with van der Waals surface area (Å²) in [5, 5.41) is 5.16. The minimum atomic E-state index is -1.51. The van der Waals surface area contributed by atoms with Crippen molar-refractivity contribution in [1.82, 2.24) is 20.4 Å². The standard InChI is InChI=1S/C26H37N3O6.C16H21N3O2.2U.2V/c1-17(2)18-11-9-10-12-19(18)27-15-13-26(14-16-27)20(30)28(22(32)34-24(3,4)5)21(31)29(26)23(33)35-25(6,7)8;1-11(2)12-5-3-4-6-13(12)19-9-7-16(8-10-19)14(20)17-15(21)18-16;;;;/h9-12,17H,13-16H2,1-8H3;3-6,11H,7-10H2,1-2H3,(H2,17,18,20,21);;;;. The van der Waals surface area contributed by atoms with Crippen LogP contribution in [0, 0.1) is 62.2 Å². The Kier molecular flexibility index (Phi) is 20.7. The average Bonchev–Trinajstić information content (AvgIpc) is 3.50. The number of nitrogens with zero attached hydrogens (tertiary/aromatic N) is 4. The van der Waals surface area contributed by atoms with Gasteiger partial charge in [-0.15, -0.1) is 0 Å². The summed E-state index contributed by atoms with van der Waals surface area (Å²) in [5.74, 6) is -0.159. The van der Waals surface area contributed by atoms with Crippen LogP contribution >= 0.6 is 0 Å². The van der Waals surface area contributed by atoms with E-state index in [4.69, 9.17) is 9.47 Å². The predicted molar refractivity (Wildman–Crippen MR) is 213 cm³/mol. The Morgan fingerprint density at radius 2 is 1.05 bits per heavy atom. The van der Waals surface area contributed by atoms with Crippen molar-refractivity contribution in [2.75, 3.05) is 36.0 Å². The van der Waals surface area contributed by atoms with Gasteiger partial charge in [0.15, 0.2) is 0 Å². The Morgan fingerprint density at radius 3 is 1.43 bits per heavy atom. The summed E-state index contributed by atoms with van der Waals surface area (Å²) in [6.45, 7) is 21.0. The van der Waals surface area contributed by atoms with Crippen LogP contribution in [-0.4, -0.2) is 94.3 Å². The average molecular weight is 1350 g/mol. The summed E-state index contributed by atoms with van der Waals surface area (Å²) >= 11 is 0. The molecule has 18 heteroatoms. The molecule has 2 radical (unpaired) electrons. The van der Waals surface area contributed by atoms with Crippen LogP contribution in [0.1, 0.15) is 118 Å². The van der Waals surface area contributed by atoms with E-state index in [0.29, 0.717) is 42.7 Å². The van der Waals surface area contributed by atoms with E-state index in [1.807, 2.05) is 18.2 Å². The van der Waals surface area contributed by atoms with Gasteiger partial charge < -0.3 is 24.6 Å². The SMILES string of the molecule is CC(C)c1ccccc1N1CCC2(CC1)C(=O)N(C(=O)OC(C)(C)C)C(=O)N2C(=O)OC(C)(C)C.CC(C)c1ccccc1N1CCC2(CC1)NC(=O)NC2=O.[U].[U].[V].[V]. The quantitative estimate of drug-likeness (QED) is 0.299. The molecule has 0 bridgehead atoms. The van der Waals surface area contributed by atoms with E-state index in [-0.39, 0.29) is 124 Å². The van der Waals surface area contributed by atoms with Gasteiger partial charge in [0.2, 0.25) is 0 Å². The second-order valence-corrected chi connectivity index (χ2v) is 17.6. The molecular weight excluding hydrogens is 1290 g/mol. The van der Waals surface area contributed by atoms with Crippen LogP contribution in [-0.2, 0) is 56.2 Å². The van der Waals surface area contributed by atoms with Crippen LogP contribution in [0.5, 0.6) is 0 Å². The van der Waals surface area contributed by atoms with Crippen molar-refractivity contribution in [2.45, 2.75) is 129 Å². The van der Waals surface area contributed by atoms with E-state index in [9.17, 15) is 28.8 Å². The zero-order valence-corrected chi connectivity index (χ0v) is 47.5. The Bertz CT molecular complexity index is 1870. The van der Waals surface area contributed by atoms with Gasteiger partial charge in [0.25, 0.3) is 11.8 Å². The van der Waals surface area contributed by atoms with Crippen molar-refractivity contribution in [3.63, 3.8) is 0 Å². The van der Waals surface area contributed by atoms with Crippen LogP contribution in [0.25, 0.3) is 0 Å². The molecule has 2 aromatic rings. The number of imide groups is 5. The second kappa shape index (κ2) is 22.2. The molecule has 60 heavy (non-hydrogen) atoms. The summed E-state index contributed by atoms with van der Waals surface area (Å²) in [6.07, 6.45) is -0.400. The number of amides is 8. The Labute approximate surface area is 426 Å². The normalized spacial score (nSPS) is 18.1. The molecule has 0 aliphatic carbocycles. The molecular formula is C42H58N6O8U2V2. The summed E-state index contributed by atoms with van der Waals surface area (Å²) in [5.41, 5.74) is 0.783. The van der Waals surface area contributed by atoms with Gasteiger partial charge in [0, 0.05) is 137 Å². The first-order valence-electron chi connectivity index (χ1n) is 19.6. The maximum Gasteiger partial charge on any atom is 0.425 e. The van der Waals surface area contributed by atoms with Crippen molar-refractivity contribution in [2.24, 2.45) is 0 Å². The van der Waals surface area contributed by atoms with Crippen LogP contribution in [0.15, 0.2) is 48.5 Å². The van der Waals surface area contributed by atoms with Crippen LogP contribution < -0.4 is 20.4 Å². The summed E-state index contributed by atoms with van der Waals surface area (Å²) < 4.78 is 10.8. The molecule has 0 unspecified atom stereocenters. The Morgan fingerprint density at radius 1 is 0.650 bits per heavy atom. The Balaban J connectivity index is 0.000000621. The van der Waals surface area contributed by atoms with Gasteiger partial charge in [0.05, 0.1) is 0 Å². The molecule has 0 saturated carbocycles. The summed E-state index contributed by atoms with van der Waals surface area (Å²) in [6, 6.07) is 15.1. The van der Waals surface area contributed by atoms with E-state index >= 15 is 0 Å². The van der Waals surface area contributed by atoms with Crippen molar-refractivity contribution in [1.29, 1.82) is 0 Å². The predicted octanol–water partition coefficient (Wildman–Crippen LogP) is 7.27. The smallest absolute Gasteiger partial charge is 0.425 e. The number of hydrogen-bond donors (Lipinski definition) is 2. The number of ether oxygens (including phenoxy) is 2. The monoisotopic (exact) mass is 1350 g/mol. The molecule has 0 aromatic heterocycles. The second-order valence-electron chi connectivity index (χ2n) is 17.6. The first-order chi connectivity index (χ1) is 26.1. The molecule has 4 heterocycles. The van der Waals surface area contributed by atoms with E-state index in [1.165, 1.54) is 16.8 Å². The van der Waals surface area contributed by atoms with Crippen molar-refractivity contribution in [3.8, 4) is 0 Å². The third-order valence-electron chi connectivity index (χ3n) is 10.6. The van der Waals surface area contributed by atoms with Gasteiger partial charge in [0.1, 0.15) is 22.3 Å². The molecule has 0 atom stereocenters. The number of hydrogen-bond acceptors (Lipinski definition) is 10. The van der Waals surface area contributed by atoms with Crippen molar-refractivity contribution < 1.29 is 138 Å². The van der Waals surface area contributed by atoms with Gasteiger partial charge in [-0.1, -0.05) is 64.1 Å². The maximum atomic E-state index is 13.7. The number of carbonyl (C=O) groups excluding carboxylic acids is 6. The number of carbonyl (C=O) groups is 6. The molecule has 4 saturated heterocycles. The van der Waals surface area contributed by atoms with E-state index in [0.717, 1.165) is 23.7 Å². The number of benzene rings is 2. The minimum Gasteiger partial charge on any atom is -0.443 e. The molecule has 4 aliphatic heterocycles. The third kappa shape index (κ3) is 12.4. The first kappa shape index (κ1) is 56.1. The summed E-state index contributed by atoms with van der Waals surface area (Å²) in [7, 11) is 0. The van der Waals surface area contributed by atoms with Crippen molar-refractivity contribution >= 4 is 47.4 Å². The van der Waals surface area contributed by atoms with E-state index in [2.05, 4.69) is 78.5 Å². The van der Waals surface area contributed by atoms with Gasteiger partial charge >= 0.3 is 24.2 Å². The number of anilines is 2. The van der Waals surface area contributed by atoms with Gasteiger partial charge in [-0.2, -0.15) is 4.90 Å². The minimum absolute atomic E-state index is 0. The van der Waals surface area contributed by atoms with Crippen molar-refractivity contribution in [3.05, 3.63) is 59.7 Å². The van der Waals surface area contributed by atoms with Crippen LogP contribution in [0.3, 0.4) is 0 Å². The van der Waals surface area contributed by atoms with E-state index < -0.39 is 46.4 Å². The third-order valence-corrected chi connectivity index (χ3v) is 10.6. The number of piperidine rings is 2. The molecule has 2 N–H and O–H groups in total. The topological polar surface area (TPSA) is 158 Å². The van der Waals surface area contributed by atoms with Gasteiger partial charge in [-0.25, -0.2) is 24.1 Å². The molecule has 322 valence electrons. The largest absolute Gasteiger partial charge is 0.443 e. The van der Waals surface area contributed by atoms with E-state index in [1.54, 1.807) is 41.5 Å². The number of nitrogens with one attached hydrogen (secondary N) is 2. The molecule has 14 nitrogen and oxygen atoms in total. The fourth-order valence-corrected chi connectivity index (χ4v) is 7.79. The molecule has 2 spiro atoms. The fourth-order valence-electron chi connectivity index (χ4n) is 7.79. The number of para-hydroxylation sites is 2. The zero-order chi connectivity index (χ0) is 41.4. The molecule has 6 rings (SSSR count). The molecule has 2 aromatic carbocycles. The van der Waals surface area contributed by atoms with Crippen LogP contribution in [0.4, 0.5) is 30.6 Å². The summed E-state index contributed by atoms with van der Waals surface area (Å²) in [4.78, 5) is 82.1. The van der Waals surface area contributed by atoms with Gasteiger partial charge in [-0.3, -0.25) is 14.9 Å². The Hall–Kier alpha value is -1.87. The fraction of sp³-hybridized carbons (Fsp3) is 0.571. The number of rotatable bonds is 4. The van der Waals surface area contributed by atoms with Crippen LogP contribution in [0.2, 0.25) is 0 Å². The van der Waals surface area contributed by atoms with Gasteiger partial charge in [-0.05, 0) is 102 Å². The molecule has 8 amide bonds. The zero-order valence-electron chi connectivity index (χ0n) is 36.4. The first-order valence-corrected chi connectivity index (χ1v) is 19.6. The molecule has 4 fully saturated rings. The molecule has 4 aliphatic rings. The maximum absolute atomic E-state index is 13.7.